The molecule has 0 bridgehead atoms. The minimum atomic E-state index is -4.52. The van der Waals surface area contributed by atoms with Gasteiger partial charge in [-0.3, -0.25) is 9.59 Å². The zero-order chi connectivity index (χ0) is 21.3. The molecule has 1 N–H and O–H groups in total. The van der Waals surface area contributed by atoms with Crippen LogP contribution in [0.1, 0.15) is 32.9 Å². The highest BCUT2D eigenvalue weighted by Crippen LogP contribution is 2.30. The van der Waals surface area contributed by atoms with Crippen molar-refractivity contribution in [2.24, 2.45) is 0 Å². The van der Waals surface area contributed by atoms with E-state index in [2.05, 4.69) is 10.4 Å². The highest BCUT2D eigenvalue weighted by Gasteiger charge is 2.30. The van der Waals surface area contributed by atoms with Crippen molar-refractivity contribution < 1.29 is 18.0 Å². The van der Waals surface area contributed by atoms with Gasteiger partial charge in [0.05, 0.1) is 11.3 Å². The maximum atomic E-state index is 13.0. The van der Waals surface area contributed by atoms with E-state index in [1.165, 1.54) is 25.1 Å². The summed E-state index contributed by atoms with van der Waals surface area (Å²) in [5.74, 6) is -0.737. The third kappa shape index (κ3) is 4.37. The van der Waals surface area contributed by atoms with Crippen molar-refractivity contribution in [3.05, 3.63) is 86.8 Å². The summed E-state index contributed by atoms with van der Waals surface area (Å²) in [5.41, 5.74) is 1.01. The van der Waals surface area contributed by atoms with Gasteiger partial charge in [0.25, 0.3) is 5.91 Å². The lowest BCUT2D eigenvalue weighted by Crippen LogP contribution is -2.27. The van der Waals surface area contributed by atoms with E-state index in [0.717, 1.165) is 27.9 Å². The molecule has 1 heterocycles. The van der Waals surface area contributed by atoms with Crippen molar-refractivity contribution in [1.29, 1.82) is 0 Å². The van der Waals surface area contributed by atoms with Crippen LogP contribution in [-0.4, -0.2) is 15.7 Å². The summed E-state index contributed by atoms with van der Waals surface area (Å²) in [5, 5.41) is 6.63. The molecule has 0 saturated heterocycles. The zero-order valence-electron chi connectivity index (χ0n) is 16.0. The van der Waals surface area contributed by atoms with E-state index in [-0.39, 0.29) is 5.69 Å². The van der Waals surface area contributed by atoms with Crippen molar-refractivity contribution >= 4 is 11.6 Å². The summed E-state index contributed by atoms with van der Waals surface area (Å²) in [6.07, 6.45) is -4.52. The molecule has 0 spiro atoms. The number of hydrogen-bond acceptors (Lipinski definition) is 3. The number of aromatic nitrogens is 2. The van der Waals surface area contributed by atoms with Crippen molar-refractivity contribution in [2.75, 3.05) is 5.32 Å². The van der Waals surface area contributed by atoms with Crippen LogP contribution in [0.4, 0.5) is 18.9 Å². The first-order valence-electron chi connectivity index (χ1n) is 8.73. The van der Waals surface area contributed by atoms with Gasteiger partial charge in [0.15, 0.2) is 5.69 Å². The van der Waals surface area contributed by atoms with E-state index in [9.17, 15) is 22.8 Å². The van der Waals surface area contributed by atoms with Crippen LogP contribution in [0.5, 0.6) is 0 Å². The molecule has 0 aliphatic rings. The number of anilines is 1. The molecule has 0 fully saturated rings. The first kappa shape index (κ1) is 20.3. The molecular weight excluding hydrogens is 383 g/mol. The van der Waals surface area contributed by atoms with Gasteiger partial charge >= 0.3 is 6.18 Å². The van der Waals surface area contributed by atoms with E-state index in [1.807, 2.05) is 19.9 Å². The van der Waals surface area contributed by atoms with Crippen LogP contribution in [-0.2, 0) is 6.18 Å². The minimum absolute atomic E-state index is 0.0950. The number of halogens is 3. The number of rotatable bonds is 3. The Hall–Kier alpha value is -3.42. The maximum Gasteiger partial charge on any atom is 0.416 e. The average Bonchev–Trinajstić information content (AvgIpc) is 2.64. The molecule has 3 aromatic rings. The van der Waals surface area contributed by atoms with Gasteiger partial charge in [-0.05, 0) is 62.2 Å². The van der Waals surface area contributed by atoms with Gasteiger partial charge in [-0.25, -0.2) is 4.68 Å². The van der Waals surface area contributed by atoms with Gasteiger partial charge in [-0.2, -0.15) is 18.3 Å². The van der Waals surface area contributed by atoms with Crippen LogP contribution >= 0.6 is 0 Å². The lowest BCUT2D eigenvalue weighted by Gasteiger charge is -2.14. The van der Waals surface area contributed by atoms with Crippen LogP contribution in [0.25, 0.3) is 5.69 Å². The van der Waals surface area contributed by atoms with Crippen LogP contribution in [0.2, 0.25) is 0 Å². The number of amides is 1. The fourth-order valence-corrected chi connectivity index (χ4v) is 2.79. The molecule has 0 radical (unpaired) electrons. The maximum absolute atomic E-state index is 13.0. The summed E-state index contributed by atoms with van der Waals surface area (Å²) in [6, 6.07) is 11.0. The third-order valence-corrected chi connectivity index (χ3v) is 4.51. The Morgan fingerprint density at radius 3 is 2.38 bits per heavy atom. The second kappa shape index (κ2) is 7.54. The Morgan fingerprint density at radius 1 is 1.00 bits per heavy atom. The van der Waals surface area contributed by atoms with E-state index < -0.39 is 28.8 Å². The van der Waals surface area contributed by atoms with Gasteiger partial charge < -0.3 is 5.32 Å². The van der Waals surface area contributed by atoms with Gasteiger partial charge in [0.2, 0.25) is 5.43 Å². The van der Waals surface area contributed by atoms with Crippen molar-refractivity contribution in [3.8, 4) is 5.69 Å². The fourth-order valence-electron chi connectivity index (χ4n) is 2.79. The molecule has 29 heavy (non-hydrogen) atoms. The lowest BCUT2D eigenvalue weighted by molar-refractivity contribution is -0.137. The van der Waals surface area contributed by atoms with Crippen molar-refractivity contribution in [3.63, 3.8) is 0 Å². The number of nitrogens with zero attached hydrogens (tertiary/aromatic N) is 2. The predicted molar refractivity (Wildman–Crippen MR) is 103 cm³/mol. The van der Waals surface area contributed by atoms with Crippen LogP contribution in [0.3, 0.4) is 0 Å². The van der Waals surface area contributed by atoms with Crippen LogP contribution < -0.4 is 10.7 Å². The Bertz CT molecular complexity index is 1150. The van der Waals surface area contributed by atoms with Crippen LogP contribution in [0.15, 0.2) is 53.3 Å². The highest BCUT2D eigenvalue weighted by molar-refractivity contribution is 6.02. The smallest absolute Gasteiger partial charge is 0.320 e. The molecule has 5 nitrogen and oxygen atoms in total. The first-order chi connectivity index (χ1) is 13.6. The zero-order valence-corrected chi connectivity index (χ0v) is 16.0. The molecule has 8 heteroatoms. The molecule has 150 valence electrons. The molecule has 0 unspecified atom stereocenters. The molecular formula is C21H18F3N3O2. The Kier molecular flexibility index (Phi) is 5.28. The normalized spacial score (nSPS) is 11.4. The molecule has 3 rings (SSSR count). The number of carbonyl (C=O) groups is 1. The number of nitrogens with one attached hydrogen (secondary N) is 1. The second-order valence-electron chi connectivity index (χ2n) is 6.71. The number of hydrogen-bond donors (Lipinski definition) is 1. The molecule has 0 atom stereocenters. The Labute approximate surface area is 164 Å². The molecule has 0 aliphatic carbocycles. The SMILES string of the molecule is Cc1ccc(NC(=O)c2nn(-c3cccc(C(F)(F)F)c3)c(C)cc2=O)cc1C. The Morgan fingerprint density at radius 2 is 1.72 bits per heavy atom. The van der Waals surface area contributed by atoms with Gasteiger partial charge in [0.1, 0.15) is 0 Å². The molecule has 0 saturated carbocycles. The van der Waals surface area contributed by atoms with Crippen molar-refractivity contribution in [1.82, 2.24) is 9.78 Å². The van der Waals surface area contributed by atoms with E-state index in [1.54, 1.807) is 12.1 Å². The second-order valence-corrected chi connectivity index (χ2v) is 6.71. The standard InChI is InChI=1S/C21H18F3N3O2/c1-12-7-8-16(9-13(12)2)25-20(29)19-18(28)10-14(3)27(26-19)17-6-4-5-15(11-17)21(22,23)24/h4-11H,1-3H3,(H,25,29). The molecule has 1 amide bonds. The summed E-state index contributed by atoms with van der Waals surface area (Å²) in [4.78, 5) is 24.9. The lowest BCUT2D eigenvalue weighted by atomic mass is 10.1. The predicted octanol–water partition coefficient (Wildman–Crippen LogP) is 4.43. The highest BCUT2D eigenvalue weighted by atomic mass is 19.4. The first-order valence-corrected chi connectivity index (χ1v) is 8.73. The molecule has 0 aliphatic heterocycles. The van der Waals surface area contributed by atoms with Gasteiger partial charge in [-0.1, -0.05) is 12.1 Å². The fraction of sp³-hybridized carbons (Fsp3) is 0.190. The number of aryl methyl sites for hydroxylation is 3. The third-order valence-electron chi connectivity index (χ3n) is 4.51. The number of carbonyl (C=O) groups excluding carboxylic acids is 1. The average molecular weight is 401 g/mol. The summed E-state index contributed by atoms with van der Waals surface area (Å²) >= 11 is 0. The van der Waals surface area contributed by atoms with Gasteiger partial charge in [0, 0.05) is 17.4 Å². The monoisotopic (exact) mass is 401 g/mol. The largest absolute Gasteiger partial charge is 0.416 e. The summed E-state index contributed by atoms with van der Waals surface area (Å²) < 4.78 is 40.2. The van der Waals surface area contributed by atoms with E-state index in [4.69, 9.17) is 0 Å². The molecule has 1 aromatic heterocycles. The molecule has 2 aromatic carbocycles. The summed E-state index contributed by atoms with van der Waals surface area (Å²) in [6.45, 7) is 5.34. The number of alkyl halides is 3. The number of benzene rings is 2. The minimum Gasteiger partial charge on any atom is -0.320 e. The van der Waals surface area contributed by atoms with Gasteiger partial charge in [-0.15, -0.1) is 0 Å². The Balaban J connectivity index is 2.00. The summed E-state index contributed by atoms with van der Waals surface area (Å²) in [7, 11) is 0. The topological polar surface area (TPSA) is 64.0 Å². The van der Waals surface area contributed by atoms with Crippen LogP contribution in [0, 0.1) is 20.8 Å². The van der Waals surface area contributed by atoms with E-state index in [0.29, 0.717) is 11.4 Å². The van der Waals surface area contributed by atoms with E-state index >= 15 is 0 Å². The van der Waals surface area contributed by atoms with Crippen molar-refractivity contribution in [2.45, 2.75) is 26.9 Å². The quantitative estimate of drug-likeness (QED) is 0.706.